The third-order valence-electron chi connectivity index (χ3n) is 5.60. The zero-order valence-corrected chi connectivity index (χ0v) is 14.0. The van der Waals surface area contributed by atoms with Crippen molar-refractivity contribution in [3.63, 3.8) is 0 Å². The van der Waals surface area contributed by atoms with Crippen molar-refractivity contribution < 1.29 is 4.79 Å². The number of nitrogens with one attached hydrogen (secondary N) is 2. The predicted octanol–water partition coefficient (Wildman–Crippen LogP) is 3.35. The molecule has 1 aromatic rings. The van der Waals surface area contributed by atoms with Gasteiger partial charge in [0.1, 0.15) is 5.71 Å². The highest BCUT2D eigenvalue weighted by Gasteiger charge is 2.65. The number of para-hydroxylation sites is 1. The van der Waals surface area contributed by atoms with Crippen molar-refractivity contribution in [2.75, 3.05) is 5.32 Å². The van der Waals surface area contributed by atoms with Crippen molar-refractivity contribution in [3.05, 3.63) is 30.3 Å². The molecule has 1 aromatic carbocycles. The Morgan fingerprint density at radius 3 is 2.55 bits per heavy atom. The first-order valence-corrected chi connectivity index (χ1v) is 8.01. The lowest BCUT2D eigenvalue weighted by Gasteiger charge is -2.31. The Morgan fingerprint density at radius 1 is 1.27 bits per heavy atom. The van der Waals surface area contributed by atoms with Crippen LogP contribution >= 0.6 is 12.2 Å². The summed E-state index contributed by atoms with van der Waals surface area (Å²) in [6.45, 7) is 6.41. The van der Waals surface area contributed by atoms with Crippen LogP contribution in [0.25, 0.3) is 0 Å². The average molecular weight is 315 g/mol. The van der Waals surface area contributed by atoms with Gasteiger partial charge in [-0.3, -0.25) is 10.2 Å². The number of benzene rings is 1. The van der Waals surface area contributed by atoms with E-state index in [1.807, 2.05) is 30.3 Å². The first-order valence-electron chi connectivity index (χ1n) is 7.61. The quantitative estimate of drug-likeness (QED) is 0.649. The summed E-state index contributed by atoms with van der Waals surface area (Å²) in [5.41, 5.74) is 4.06. The molecule has 2 aliphatic rings. The molecule has 2 N–H and O–H groups in total. The lowest BCUT2D eigenvalue weighted by Crippen LogP contribution is -2.34. The minimum atomic E-state index is -0.285. The number of hydrazone groups is 1. The second kappa shape index (κ2) is 5.16. The van der Waals surface area contributed by atoms with Crippen LogP contribution < -0.4 is 10.7 Å². The minimum absolute atomic E-state index is 0.0287. The molecule has 116 valence electrons. The number of fused-ring (bicyclic) bond motifs is 2. The number of rotatable bonds is 2. The fourth-order valence-corrected chi connectivity index (χ4v) is 3.91. The molecule has 0 amide bonds. The summed E-state index contributed by atoms with van der Waals surface area (Å²) in [6.07, 6.45) is 1.98. The number of carbonyl (C=O) groups is 1. The van der Waals surface area contributed by atoms with E-state index >= 15 is 0 Å². The molecule has 0 aliphatic heterocycles. The smallest absolute Gasteiger partial charge is 0.191 e. The molecule has 2 atom stereocenters. The van der Waals surface area contributed by atoms with Gasteiger partial charge in [0.2, 0.25) is 0 Å². The summed E-state index contributed by atoms with van der Waals surface area (Å²) < 4.78 is 0. The fourth-order valence-electron chi connectivity index (χ4n) is 3.75. The van der Waals surface area contributed by atoms with E-state index < -0.39 is 0 Å². The summed E-state index contributed by atoms with van der Waals surface area (Å²) in [5, 5.41) is 7.79. The van der Waals surface area contributed by atoms with Crippen molar-refractivity contribution in [1.82, 2.24) is 5.43 Å². The Balaban J connectivity index is 1.72. The Morgan fingerprint density at radius 2 is 1.95 bits per heavy atom. The molecule has 22 heavy (non-hydrogen) atoms. The maximum Gasteiger partial charge on any atom is 0.191 e. The predicted molar refractivity (Wildman–Crippen MR) is 92.9 cm³/mol. The second-order valence-corrected chi connectivity index (χ2v) is 7.31. The van der Waals surface area contributed by atoms with Gasteiger partial charge in [-0.05, 0) is 42.6 Å². The van der Waals surface area contributed by atoms with Crippen molar-refractivity contribution in [3.8, 4) is 0 Å². The molecule has 4 nitrogen and oxygen atoms in total. The normalized spacial score (nSPS) is 30.6. The van der Waals surface area contributed by atoms with Crippen LogP contribution in [0.4, 0.5) is 5.69 Å². The van der Waals surface area contributed by atoms with Gasteiger partial charge in [0, 0.05) is 17.0 Å². The summed E-state index contributed by atoms with van der Waals surface area (Å²) >= 11 is 5.24. The summed E-state index contributed by atoms with van der Waals surface area (Å²) in [7, 11) is 0. The van der Waals surface area contributed by atoms with E-state index in [-0.39, 0.29) is 22.5 Å². The van der Waals surface area contributed by atoms with Gasteiger partial charge < -0.3 is 5.32 Å². The maximum atomic E-state index is 12.6. The summed E-state index contributed by atoms with van der Waals surface area (Å²) in [4.78, 5) is 12.6. The fraction of sp³-hybridized carbons (Fsp3) is 0.471. The zero-order valence-electron chi connectivity index (χ0n) is 13.1. The number of carbonyl (C=O) groups excluding carboxylic acids is 1. The van der Waals surface area contributed by atoms with Crippen LogP contribution in [0.2, 0.25) is 0 Å². The highest BCUT2D eigenvalue weighted by molar-refractivity contribution is 7.80. The van der Waals surface area contributed by atoms with Crippen molar-refractivity contribution in [2.45, 2.75) is 33.6 Å². The molecule has 5 heteroatoms. The molecule has 0 aromatic heterocycles. The maximum absolute atomic E-state index is 12.6. The molecule has 0 unspecified atom stereocenters. The monoisotopic (exact) mass is 315 g/mol. The number of hydrogen-bond acceptors (Lipinski definition) is 3. The zero-order chi connectivity index (χ0) is 16.0. The highest BCUT2D eigenvalue weighted by Crippen LogP contribution is 2.62. The Bertz CT molecular complexity index is 653. The van der Waals surface area contributed by atoms with Gasteiger partial charge in [0.05, 0.1) is 0 Å². The van der Waals surface area contributed by atoms with Crippen LogP contribution in [-0.2, 0) is 4.79 Å². The first kappa shape index (κ1) is 15.2. The van der Waals surface area contributed by atoms with Crippen LogP contribution in [0.5, 0.6) is 0 Å². The van der Waals surface area contributed by atoms with E-state index in [2.05, 4.69) is 36.6 Å². The molecule has 0 heterocycles. The topological polar surface area (TPSA) is 53.5 Å². The number of nitrogens with zero attached hydrogens (tertiary/aromatic N) is 1. The van der Waals surface area contributed by atoms with Crippen molar-refractivity contribution in [2.24, 2.45) is 21.8 Å². The highest BCUT2D eigenvalue weighted by atomic mass is 32.1. The molecule has 3 rings (SSSR count). The minimum Gasteiger partial charge on any atom is -0.331 e. The van der Waals surface area contributed by atoms with Crippen molar-refractivity contribution >= 4 is 34.5 Å². The average Bonchev–Trinajstić information content (AvgIpc) is 2.79. The van der Waals surface area contributed by atoms with Crippen LogP contribution in [0.1, 0.15) is 33.6 Å². The molecule has 2 bridgehead atoms. The van der Waals surface area contributed by atoms with Crippen LogP contribution in [0.3, 0.4) is 0 Å². The van der Waals surface area contributed by atoms with Crippen LogP contribution in [0, 0.1) is 16.7 Å². The van der Waals surface area contributed by atoms with E-state index in [4.69, 9.17) is 12.2 Å². The molecule has 0 saturated heterocycles. The van der Waals surface area contributed by atoms with Gasteiger partial charge >= 0.3 is 0 Å². The second-order valence-electron chi connectivity index (χ2n) is 6.90. The van der Waals surface area contributed by atoms with Crippen LogP contribution in [0.15, 0.2) is 35.4 Å². The number of hydrogen-bond donors (Lipinski definition) is 2. The molecule has 0 spiro atoms. The number of thiocarbonyl (C=S) groups is 1. The van der Waals surface area contributed by atoms with E-state index in [0.717, 1.165) is 18.5 Å². The van der Waals surface area contributed by atoms with Gasteiger partial charge in [0.15, 0.2) is 10.9 Å². The first-order chi connectivity index (χ1) is 10.4. The van der Waals surface area contributed by atoms with Gasteiger partial charge in [-0.15, -0.1) is 0 Å². The van der Waals surface area contributed by atoms with E-state index in [0.29, 0.717) is 10.8 Å². The molecular formula is C17H21N3OS. The SMILES string of the molecule is CC1(C)[C@@H]2CC[C@@]1(C)C(=O)C2=NNC(=S)Nc1ccccc1. The summed E-state index contributed by atoms with van der Waals surface area (Å²) in [6, 6.07) is 9.65. The van der Waals surface area contributed by atoms with E-state index in [9.17, 15) is 4.79 Å². The Labute approximate surface area is 136 Å². The van der Waals surface area contributed by atoms with Crippen molar-refractivity contribution in [1.29, 1.82) is 0 Å². The molecule has 2 fully saturated rings. The van der Waals surface area contributed by atoms with E-state index in [1.54, 1.807) is 0 Å². The number of ketones is 1. The van der Waals surface area contributed by atoms with Gasteiger partial charge in [-0.25, -0.2) is 0 Å². The van der Waals surface area contributed by atoms with Gasteiger partial charge in [-0.2, -0.15) is 5.10 Å². The molecular weight excluding hydrogens is 294 g/mol. The third kappa shape index (κ3) is 2.15. The molecule has 2 aliphatic carbocycles. The van der Waals surface area contributed by atoms with Gasteiger partial charge in [-0.1, -0.05) is 39.0 Å². The standard InChI is InChI=1S/C17H21N3OS/c1-16(2)12-9-10-17(16,3)14(21)13(12)19-20-15(22)18-11-7-5-4-6-8-11/h4-8,12H,9-10H2,1-3H3,(H2,18,20,22)/t12-,17+/m1/s1. The molecule has 2 saturated carbocycles. The van der Waals surface area contributed by atoms with Gasteiger partial charge in [0.25, 0.3) is 0 Å². The third-order valence-corrected chi connectivity index (χ3v) is 5.79. The lowest BCUT2D eigenvalue weighted by atomic mass is 9.70. The Kier molecular flexibility index (Phi) is 3.56. The lowest BCUT2D eigenvalue weighted by molar-refractivity contribution is -0.123. The number of Topliss-reactive ketones (excluding diaryl/α,β-unsaturated/α-hetero) is 1. The molecule has 0 radical (unpaired) electrons. The summed E-state index contributed by atoms with van der Waals surface area (Å²) in [5.74, 6) is 0.390. The largest absolute Gasteiger partial charge is 0.331 e. The Hall–Kier alpha value is -1.75. The van der Waals surface area contributed by atoms with E-state index in [1.165, 1.54) is 0 Å². The number of anilines is 1. The van der Waals surface area contributed by atoms with Crippen LogP contribution in [-0.4, -0.2) is 16.6 Å².